The predicted octanol–water partition coefficient (Wildman–Crippen LogP) is 1.96. The molecular weight excluding hydrogens is 226 g/mol. The van der Waals surface area contributed by atoms with E-state index in [4.69, 9.17) is 0 Å². The van der Waals surface area contributed by atoms with Gasteiger partial charge in [0.2, 0.25) is 0 Å². The van der Waals surface area contributed by atoms with E-state index in [9.17, 15) is 9.90 Å². The summed E-state index contributed by atoms with van der Waals surface area (Å²) in [5.74, 6) is 0.171. The third-order valence-corrected chi connectivity index (χ3v) is 3.52. The maximum absolute atomic E-state index is 12.4. The molecule has 3 heteroatoms. The van der Waals surface area contributed by atoms with Crippen molar-refractivity contribution in [2.75, 3.05) is 19.6 Å². The molecule has 0 bridgehead atoms. The topological polar surface area (TPSA) is 40.5 Å². The lowest BCUT2D eigenvalue weighted by molar-refractivity contribution is 0.0768. The van der Waals surface area contributed by atoms with Crippen LogP contribution in [0.4, 0.5) is 0 Å². The van der Waals surface area contributed by atoms with E-state index >= 15 is 0 Å². The first-order chi connectivity index (χ1) is 8.49. The van der Waals surface area contributed by atoms with E-state index in [0.29, 0.717) is 13.1 Å². The van der Waals surface area contributed by atoms with Gasteiger partial charge in [0.15, 0.2) is 5.78 Å². The molecule has 1 atom stereocenters. The molecule has 1 aromatic rings. The molecular formula is C15H21NO2. The molecule has 2 rings (SSSR count). The van der Waals surface area contributed by atoms with Gasteiger partial charge in [0.1, 0.15) is 0 Å². The van der Waals surface area contributed by atoms with Crippen LogP contribution >= 0.6 is 0 Å². The number of rotatable bonds is 4. The first-order valence-corrected chi connectivity index (χ1v) is 6.49. The summed E-state index contributed by atoms with van der Waals surface area (Å²) in [6.45, 7) is 6.23. The molecule has 18 heavy (non-hydrogen) atoms. The molecule has 0 aromatic heterocycles. The number of carbonyl (C=O) groups excluding carboxylic acids is 1. The zero-order valence-corrected chi connectivity index (χ0v) is 11.1. The summed E-state index contributed by atoms with van der Waals surface area (Å²) in [7, 11) is 0. The van der Waals surface area contributed by atoms with Crippen molar-refractivity contribution >= 4 is 5.78 Å². The number of Topliss-reactive ketones (excluding diaryl/α,β-unsaturated/α-hetero) is 1. The van der Waals surface area contributed by atoms with Gasteiger partial charge >= 0.3 is 0 Å². The Labute approximate surface area is 108 Å². The van der Waals surface area contributed by atoms with Crippen molar-refractivity contribution in [1.29, 1.82) is 0 Å². The minimum atomic E-state index is -0.411. The molecule has 0 amide bonds. The maximum atomic E-state index is 12.4. The lowest BCUT2D eigenvalue weighted by atomic mass is 9.84. The Morgan fingerprint density at radius 1 is 1.39 bits per heavy atom. The van der Waals surface area contributed by atoms with Gasteiger partial charge in [-0.25, -0.2) is 0 Å². The number of nitrogens with zero attached hydrogens (tertiary/aromatic N) is 1. The summed E-state index contributed by atoms with van der Waals surface area (Å²) >= 11 is 0. The van der Waals surface area contributed by atoms with Gasteiger partial charge in [-0.2, -0.15) is 0 Å². The average Bonchev–Trinajstić information content (AvgIpc) is 2.74. The summed E-state index contributed by atoms with van der Waals surface area (Å²) in [6, 6.07) is 9.43. The average molecular weight is 247 g/mol. The van der Waals surface area contributed by atoms with Crippen LogP contribution in [0.3, 0.4) is 0 Å². The van der Waals surface area contributed by atoms with Gasteiger partial charge in [-0.1, -0.05) is 44.2 Å². The van der Waals surface area contributed by atoms with Crippen molar-refractivity contribution in [3.05, 3.63) is 35.9 Å². The fraction of sp³-hybridized carbons (Fsp3) is 0.533. The summed E-state index contributed by atoms with van der Waals surface area (Å²) < 4.78 is 0. The Hall–Kier alpha value is -1.19. The summed E-state index contributed by atoms with van der Waals surface area (Å²) in [4.78, 5) is 14.6. The Bertz CT molecular complexity index is 414. The number of likely N-dealkylation sites (tertiary alicyclic amines) is 1. The number of β-amino-alcohol motifs (C(OH)–C–C–N with tert-alkyl or cyclic N) is 1. The minimum Gasteiger partial charge on any atom is -0.392 e. The number of hydrogen-bond acceptors (Lipinski definition) is 3. The normalized spacial score (nSPS) is 21.2. The molecule has 0 radical (unpaired) electrons. The van der Waals surface area contributed by atoms with Crippen LogP contribution < -0.4 is 0 Å². The number of hydrogen-bond donors (Lipinski definition) is 1. The third-order valence-electron chi connectivity index (χ3n) is 3.52. The molecule has 3 nitrogen and oxygen atoms in total. The van der Waals surface area contributed by atoms with Crippen LogP contribution in [-0.4, -0.2) is 41.5 Å². The summed E-state index contributed by atoms with van der Waals surface area (Å²) in [6.07, 6.45) is 0.586. The lowest BCUT2D eigenvalue weighted by Gasteiger charge is -2.28. The van der Waals surface area contributed by atoms with Crippen molar-refractivity contribution in [2.24, 2.45) is 5.41 Å². The SMILES string of the molecule is CC(C)(CN1CCC(O)C1)C(=O)c1ccccc1. The number of aliphatic hydroxyl groups excluding tert-OH is 1. The molecule has 1 aliphatic rings. The Morgan fingerprint density at radius 2 is 2.06 bits per heavy atom. The molecule has 0 aliphatic carbocycles. The highest BCUT2D eigenvalue weighted by atomic mass is 16.3. The van der Waals surface area contributed by atoms with Crippen LogP contribution in [0.2, 0.25) is 0 Å². The molecule has 1 unspecified atom stereocenters. The van der Waals surface area contributed by atoms with Gasteiger partial charge in [0, 0.05) is 30.6 Å². The Balaban J connectivity index is 2.04. The number of ketones is 1. The van der Waals surface area contributed by atoms with E-state index in [2.05, 4.69) is 4.90 Å². The zero-order chi connectivity index (χ0) is 13.2. The monoisotopic (exact) mass is 247 g/mol. The third kappa shape index (κ3) is 2.98. The summed E-state index contributed by atoms with van der Waals surface area (Å²) in [5.41, 5.74) is 0.355. The summed E-state index contributed by atoms with van der Waals surface area (Å²) in [5, 5.41) is 9.53. The van der Waals surface area contributed by atoms with E-state index in [1.807, 2.05) is 44.2 Å². The Kier molecular flexibility index (Phi) is 3.83. The van der Waals surface area contributed by atoms with Crippen LogP contribution in [0.5, 0.6) is 0 Å². The predicted molar refractivity (Wildman–Crippen MR) is 71.6 cm³/mol. The first kappa shape index (κ1) is 13.2. The quantitative estimate of drug-likeness (QED) is 0.827. The molecule has 1 heterocycles. The van der Waals surface area contributed by atoms with Crippen molar-refractivity contribution in [2.45, 2.75) is 26.4 Å². The van der Waals surface area contributed by atoms with E-state index in [0.717, 1.165) is 18.5 Å². The zero-order valence-electron chi connectivity index (χ0n) is 11.1. The van der Waals surface area contributed by atoms with E-state index in [1.165, 1.54) is 0 Å². The lowest BCUT2D eigenvalue weighted by Crippen LogP contribution is -2.38. The second kappa shape index (κ2) is 5.21. The molecule has 1 saturated heterocycles. The van der Waals surface area contributed by atoms with E-state index in [1.54, 1.807) is 0 Å². The van der Waals surface area contributed by atoms with Crippen molar-refractivity contribution in [3.8, 4) is 0 Å². The highest BCUT2D eigenvalue weighted by Crippen LogP contribution is 2.25. The number of aliphatic hydroxyl groups is 1. The molecule has 1 aliphatic heterocycles. The maximum Gasteiger partial charge on any atom is 0.169 e. The molecule has 1 aromatic carbocycles. The molecule has 98 valence electrons. The van der Waals surface area contributed by atoms with Crippen LogP contribution in [0, 0.1) is 5.41 Å². The van der Waals surface area contributed by atoms with Gasteiger partial charge < -0.3 is 5.11 Å². The Morgan fingerprint density at radius 3 is 2.61 bits per heavy atom. The van der Waals surface area contributed by atoms with Crippen LogP contribution in [-0.2, 0) is 0 Å². The van der Waals surface area contributed by atoms with Crippen LogP contribution in [0.25, 0.3) is 0 Å². The van der Waals surface area contributed by atoms with E-state index < -0.39 is 5.41 Å². The number of benzene rings is 1. The van der Waals surface area contributed by atoms with Crippen LogP contribution in [0.15, 0.2) is 30.3 Å². The first-order valence-electron chi connectivity index (χ1n) is 6.49. The molecule has 1 N–H and O–H groups in total. The largest absolute Gasteiger partial charge is 0.392 e. The molecule has 1 fully saturated rings. The second-order valence-electron chi connectivity index (χ2n) is 5.76. The highest BCUT2D eigenvalue weighted by molar-refractivity contribution is 6.00. The standard InChI is InChI=1S/C15H21NO2/c1-15(2,11-16-9-8-13(17)10-16)14(18)12-6-4-3-5-7-12/h3-7,13,17H,8-11H2,1-2H3. The molecule has 0 spiro atoms. The fourth-order valence-corrected chi connectivity index (χ4v) is 2.57. The fourth-order valence-electron chi connectivity index (χ4n) is 2.57. The highest BCUT2D eigenvalue weighted by Gasteiger charge is 2.33. The van der Waals surface area contributed by atoms with E-state index in [-0.39, 0.29) is 11.9 Å². The van der Waals surface area contributed by atoms with Crippen LogP contribution in [0.1, 0.15) is 30.6 Å². The van der Waals surface area contributed by atoms with Gasteiger partial charge in [0.05, 0.1) is 6.10 Å². The minimum absolute atomic E-state index is 0.171. The van der Waals surface area contributed by atoms with Crippen molar-refractivity contribution in [3.63, 3.8) is 0 Å². The van der Waals surface area contributed by atoms with Gasteiger partial charge in [-0.05, 0) is 6.42 Å². The van der Waals surface area contributed by atoms with Crippen molar-refractivity contribution in [1.82, 2.24) is 4.90 Å². The van der Waals surface area contributed by atoms with Gasteiger partial charge in [-0.3, -0.25) is 9.69 Å². The van der Waals surface area contributed by atoms with Gasteiger partial charge in [0.25, 0.3) is 0 Å². The molecule has 0 saturated carbocycles. The smallest absolute Gasteiger partial charge is 0.169 e. The van der Waals surface area contributed by atoms with Gasteiger partial charge in [-0.15, -0.1) is 0 Å². The van der Waals surface area contributed by atoms with Crippen molar-refractivity contribution < 1.29 is 9.90 Å². The second-order valence-corrected chi connectivity index (χ2v) is 5.76. The number of carbonyl (C=O) groups is 1.